The van der Waals surface area contributed by atoms with Crippen molar-refractivity contribution in [3.05, 3.63) is 98.1 Å². The molecule has 0 aliphatic heterocycles. The van der Waals surface area contributed by atoms with Gasteiger partial charge in [0.15, 0.2) is 0 Å². The molecule has 0 amide bonds. The van der Waals surface area contributed by atoms with E-state index in [9.17, 15) is 0 Å². The SMILES string of the molecule is C=CCOc1ccc(C23CC4CC(C2)CC(C25CC6CC(CC(c7ccc(OCC=C)cc7OCC=C)(C6)C2)C5)(C4)C3)c(OCC=C)c1. The van der Waals surface area contributed by atoms with Crippen molar-refractivity contribution in [2.75, 3.05) is 26.4 Å². The second-order valence-electron chi connectivity index (χ2n) is 16.8. The summed E-state index contributed by atoms with van der Waals surface area (Å²) in [6.45, 7) is 17.6. The minimum absolute atomic E-state index is 0.163. The van der Waals surface area contributed by atoms with E-state index in [1.807, 2.05) is 12.2 Å². The van der Waals surface area contributed by atoms with E-state index < -0.39 is 0 Å². The molecule has 4 heteroatoms. The van der Waals surface area contributed by atoms with Gasteiger partial charge in [0.1, 0.15) is 49.4 Å². The first-order valence-corrected chi connectivity index (χ1v) is 18.6. The molecule has 10 rings (SSSR count). The van der Waals surface area contributed by atoms with Crippen molar-refractivity contribution in [2.24, 2.45) is 34.5 Å². The van der Waals surface area contributed by atoms with Gasteiger partial charge in [-0.15, -0.1) is 0 Å². The molecular weight excluding hydrogens is 592 g/mol. The Bertz CT molecular complexity index is 1440. The lowest BCUT2D eigenvalue weighted by Crippen LogP contribution is -2.66. The van der Waals surface area contributed by atoms with E-state index in [4.69, 9.17) is 18.9 Å². The smallest absolute Gasteiger partial charge is 0.127 e. The first-order chi connectivity index (χ1) is 23.4. The number of benzene rings is 2. The van der Waals surface area contributed by atoms with Crippen molar-refractivity contribution in [3.8, 4) is 23.0 Å². The van der Waals surface area contributed by atoms with Crippen LogP contribution in [0.25, 0.3) is 0 Å². The van der Waals surface area contributed by atoms with Crippen LogP contribution in [0.3, 0.4) is 0 Å². The zero-order valence-corrected chi connectivity index (χ0v) is 28.9. The first kappa shape index (κ1) is 31.8. The summed E-state index contributed by atoms with van der Waals surface area (Å²) < 4.78 is 24.9. The van der Waals surface area contributed by atoms with Gasteiger partial charge in [-0.05, 0) is 124 Å². The second-order valence-corrected chi connectivity index (χ2v) is 16.8. The van der Waals surface area contributed by atoms with Crippen LogP contribution in [0.2, 0.25) is 0 Å². The molecule has 8 aliphatic rings. The average molecular weight is 647 g/mol. The van der Waals surface area contributed by atoms with Crippen LogP contribution in [-0.4, -0.2) is 26.4 Å². The maximum absolute atomic E-state index is 6.47. The summed E-state index contributed by atoms with van der Waals surface area (Å²) in [4.78, 5) is 0. The zero-order valence-electron chi connectivity index (χ0n) is 28.9. The third kappa shape index (κ3) is 5.15. The van der Waals surface area contributed by atoms with E-state index in [1.54, 1.807) is 12.2 Å². The highest BCUT2D eigenvalue weighted by Gasteiger charge is 2.70. The molecule has 0 spiro atoms. The van der Waals surface area contributed by atoms with Gasteiger partial charge in [0.2, 0.25) is 0 Å². The van der Waals surface area contributed by atoms with Crippen molar-refractivity contribution in [3.63, 3.8) is 0 Å². The molecule has 4 nitrogen and oxygen atoms in total. The fourth-order valence-electron chi connectivity index (χ4n) is 13.3. The molecule has 8 bridgehead atoms. The molecular formula is C44H54O4. The van der Waals surface area contributed by atoms with Gasteiger partial charge in [-0.3, -0.25) is 0 Å². The summed E-state index contributed by atoms with van der Waals surface area (Å²) in [6.07, 6.45) is 23.6. The van der Waals surface area contributed by atoms with Gasteiger partial charge < -0.3 is 18.9 Å². The number of ether oxygens (including phenoxy) is 4. The van der Waals surface area contributed by atoms with Gasteiger partial charge in [0.05, 0.1) is 0 Å². The van der Waals surface area contributed by atoms with Crippen LogP contribution in [0.5, 0.6) is 23.0 Å². The highest BCUT2D eigenvalue weighted by atomic mass is 16.5. The largest absolute Gasteiger partial charge is 0.489 e. The minimum atomic E-state index is 0.163. The van der Waals surface area contributed by atoms with Crippen molar-refractivity contribution < 1.29 is 18.9 Å². The maximum atomic E-state index is 6.47. The lowest BCUT2D eigenvalue weighted by molar-refractivity contribution is -0.212. The third-order valence-electron chi connectivity index (χ3n) is 13.7. The monoisotopic (exact) mass is 646 g/mol. The molecule has 254 valence electrons. The van der Waals surface area contributed by atoms with E-state index in [0.717, 1.165) is 46.7 Å². The van der Waals surface area contributed by atoms with Crippen LogP contribution in [0, 0.1) is 34.5 Å². The Morgan fingerprint density at radius 2 is 0.854 bits per heavy atom. The highest BCUT2D eigenvalue weighted by Crippen LogP contribution is 2.79. The van der Waals surface area contributed by atoms with Crippen LogP contribution in [0.4, 0.5) is 0 Å². The van der Waals surface area contributed by atoms with E-state index in [-0.39, 0.29) is 10.8 Å². The first-order valence-electron chi connectivity index (χ1n) is 18.6. The van der Waals surface area contributed by atoms with Gasteiger partial charge in [-0.2, -0.15) is 0 Å². The lowest BCUT2D eigenvalue weighted by Gasteiger charge is -2.74. The van der Waals surface area contributed by atoms with Crippen molar-refractivity contribution in [1.29, 1.82) is 0 Å². The summed E-state index contributed by atoms with van der Waals surface area (Å²) in [5, 5.41) is 0. The normalized spacial score (nSPS) is 36.8. The van der Waals surface area contributed by atoms with Crippen molar-refractivity contribution >= 4 is 0 Å². The van der Waals surface area contributed by atoms with Crippen molar-refractivity contribution in [1.82, 2.24) is 0 Å². The third-order valence-corrected chi connectivity index (χ3v) is 13.7. The van der Waals surface area contributed by atoms with E-state index in [1.165, 1.54) is 88.2 Å². The number of rotatable bonds is 15. The molecule has 0 aromatic heterocycles. The average Bonchev–Trinajstić information content (AvgIpc) is 3.06. The molecule has 2 aromatic carbocycles. The molecule has 2 aromatic rings. The molecule has 0 N–H and O–H groups in total. The van der Waals surface area contributed by atoms with E-state index >= 15 is 0 Å². The summed E-state index contributed by atoms with van der Waals surface area (Å²) in [5.41, 5.74) is 3.92. The Morgan fingerprint density at radius 1 is 0.500 bits per heavy atom. The summed E-state index contributed by atoms with van der Waals surface area (Å²) in [7, 11) is 0. The standard InChI is InChI=1S/C44H54O4/c1-5-13-45-35-9-11-37(39(19-35)47-15-7-3)41-21-31-17-32(22-41)26-43(25-31,29-41)44-27-33-18-34(28-44)24-42(23-33,30-44)38-12-10-36(46-14-6-2)20-40(38)48-16-8-4/h5-12,19-20,31-34H,1-4,13-18,21-30H2. The highest BCUT2D eigenvalue weighted by molar-refractivity contribution is 5.49. The Labute approximate surface area is 288 Å². The van der Waals surface area contributed by atoms with Crippen LogP contribution in [0.1, 0.15) is 88.2 Å². The topological polar surface area (TPSA) is 36.9 Å². The Balaban J connectivity index is 1.18. The van der Waals surface area contributed by atoms with E-state index in [2.05, 4.69) is 62.7 Å². The van der Waals surface area contributed by atoms with Gasteiger partial charge in [-0.25, -0.2) is 0 Å². The van der Waals surface area contributed by atoms with Crippen LogP contribution in [-0.2, 0) is 10.8 Å². The van der Waals surface area contributed by atoms with Gasteiger partial charge >= 0.3 is 0 Å². The molecule has 8 aliphatic carbocycles. The van der Waals surface area contributed by atoms with Crippen molar-refractivity contribution in [2.45, 2.75) is 87.9 Å². The predicted molar refractivity (Wildman–Crippen MR) is 193 cm³/mol. The van der Waals surface area contributed by atoms with E-state index in [0.29, 0.717) is 37.3 Å². The molecule has 0 heterocycles. The minimum Gasteiger partial charge on any atom is -0.489 e. The molecule has 4 unspecified atom stereocenters. The predicted octanol–water partition coefficient (Wildman–Crippen LogP) is 10.3. The summed E-state index contributed by atoms with van der Waals surface area (Å²) >= 11 is 0. The quantitative estimate of drug-likeness (QED) is 0.181. The molecule has 48 heavy (non-hydrogen) atoms. The van der Waals surface area contributed by atoms with Crippen LogP contribution < -0.4 is 18.9 Å². The summed E-state index contributed by atoms with van der Waals surface area (Å²) in [6, 6.07) is 13.4. The van der Waals surface area contributed by atoms with Crippen LogP contribution in [0.15, 0.2) is 87.0 Å². The fourth-order valence-corrected chi connectivity index (χ4v) is 13.3. The van der Waals surface area contributed by atoms with Gasteiger partial charge in [0.25, 0.3) is 0 Å². The number of hydrogen-bond acceptors (Lipinski definition) is 4. The summed E-state index contributed by atoms with van der Waals surface area (Å²) in [5.74, 6) is 6.90. The Morgan fingerprint density at radius 3 is 1.21 bits per heavy atom. The Hall–Kier alpha value is -3.40. The maximum Gasteiger partial charge on any atom is 0.127 e. The molecule has 0 saturated heterocycles. The zero-order chi connectivity index (χ0) is 33.0. The van der Waals surface area contributed by atoms with Gasteiger partial charge in [-0.1, -0.05) is 62.8 Å². The number of hydrogen-bond donors (Lipinski definition) is 0. The van der Waals surface area contributed by atoms with Gasteiger partial charge in [0, 0.05) is 34.1 Å². The second kappa shape index (κ2) is 12.2. The molecule has 8 saturated carbocycles. The fraction of sp³-hybridized carbons (Fsp3) is 0.545. The Kier molecular flexibility index (Phi) is 8.08. The molecule has 4 atom stereocenters. The molecule has 8 fully saturated rings. The lowest BCUT2D eigenvalue weighted by atomic mass is 9.30. The van der Waals surface area contributed by atoms with Crippen LogP contribution >= 0.6 is 0 Å². The molecule has 0 radical (unpaired) electrons.